The van der Waals surface area contributed by atoms with Gasteiger partial charge >= 0.3 is 0 Å². The smallest absolute Gasteiger partial charge is 0.204 e. The molecule has 0 atom stereocenters. The maximum absolute atomic E-state index is 12.9. The number of aromatic hydroxyl groups is 2. The largest absolute Gasteiger partial charge is 0.508 e. The molecule has 6 heteroatoms. The van der Waals surface area contributed by atoms with Gasteiger partial charge in [-0.3, -0.25) is 9.59 Å². The number of carbonyl (C=O) groups is 1. The van der Waals surface area contributed by atoms with E-state index in [9.17, 15) is 19.8 Å². The average molecular weight is 368 g/mol. The summed E-state index contributed by atoms with van der Waals surface area (Å²) in [6.07, 6.45) is 1.29. The monoisotopic (exact) mass is 368 g/mol. The van der Waals surface area contributed by atoms with Gasteiger partial charge < -0.3 is 19.4 Å². The fourth-order valence-electron chi connectivity index (χ4n) is 2.92. The Balaban J connectivity index is 2.25. The Morgan fingerprint density at radius 2 is 1.81 bits per heavy atom. The highest BCUT2D eigenvalue weighted by molar-refractivity contribution is 5.90. The molecule has 0 amide bonds. The van der Waals surface area contributed by atoms with Crippen LogP contribution in [0.2, 0.25) is 0 Å². The molecule has 0 saturated carbocycles. The van der Waals surface area contributed by atoms with Crippen LogP contribution in [-0.4, -0.2) is 23.1 Å². The van der Waals surface area contributed by atoms with Crippen LogP contribution in [0.3, 0.4) is 0 Å². The zero-order chi connectivity index (χ0) is 19.9. The lowest BCUT2D eigenvalue weighted by Crippen LogP contribution is -2.26. The lowest BCUT2D eigenvalue weighted by molar-refractivity contribution is -0.121. The molecule has 0 unspecified atom stereocenters. The molecule has 0 fully saturated rings. The number of fused-ring (bicyclic) bond motifs is 1. The highest BCUT2D eigenvalue weighted by Gasteiger charge is 2.29. The average Bonchev–Trinajstić information content (AvgIpc) is 2.61. The summed E-state index contributed by atoms with van der Waals surface area (Å²) in [5.74, 6) is -0.0315. The third-order valence-corrected chi connectivity index (χ3v) is 4.93. The van der Waals surface area contributed by atoms with Crippen molar-refractivity contribution in [1.29, 1.82) is 0 Å². The van der Waals surface area contributed by atoms with E-state index < -0.39 is 10.8 Å². The van der Waals surface area contributed by atoms with Crippen molar-refractivity contribution in [3.8, 4) is 28.4 Å². The van der Waals surface area contributed by atoms with Gasteiger partial charge in [-0.1, -0.05) is 6.07 Å². The topological polar surface area (TPSA) is 97.0 Å². The Kier molecular flexibility index (Phi) is 4.43. The highest BCUT2D eigenvalue weighted by Crippen LogP contribution is 2.36. The number of methoxy groups -OCH3 is 1. The van der Waals surface area contributed by atoms with E-state index in [1.54, 1.807) is 26.0 Å². The summed E-state index contributed by atoms with van der Waals surface area (Å²) < 4.78 is 10.6. The molecular weight excluding hydrogens is 348 g/mol. The summed E-state index contributed by atoms with van der Waals surface area (Å²) in [4.78, 5) is 24.9. The van der Waals surface area contributed by atoms with E-state index in [0.29, 0.717) is 16.9 Å². The first-order chi connectivity index (χ1) is 12.7. The van der Waals surface area contributed by atoms with E-state index in [-0.39, 0.29) is 33.8 Å². The van der Waals surface area contributed by atoms with Crippen LogP contribution >= 0.6 is 0 Å². The number of rotatable bonds is 4. The summed E-state index contributed by atoms with van der Waals surface area (Å²) in [5, 5.41) is 20.4. The SMILES string of the molecule is COc1cc(O)c2c(=O)c(-c3ccc(O)c(C(C)(C)C(C)=O)c3)coc2c1. The van der Waals surface area contributed by atoms with Crippen LogP contribution in [0.5, 0.6) is 17.2 Å². The number of hydrogen-bond acceptors (Lipinski definition) is 6. The molecule has 3 rings (SSSR count). The Labute approximate surface area is 155 Å². The molecule has 0 bridgehead atoms. The second-order valence-electron chi connectivity index (χ2n) is 6.91. The van der Waals surface area contributed by atoms with Crippen LogP contribution in [0.4, 0.5) is 0 Å². The molecule has 1 heterocycles. The van der Waals surface area contributed by atoms with Crippen molar-refractivity contribution in [3.05, 3.63) is 52.4 Å². The standard InChI is InChI=1S/C21H20O6/c1-11(22)21(2,3)15-7-12(5-6-16(15)23)14-10-27-18-9-13(26-4)8-17(24)19(18)20(14)25/h5-10,23-24H,1-4H3. The minimum atomic E-state index is -0.924. The second-order valence-corrected chi connectivity index (χ2v) is 6.91. The zero-order valence-electron chi connectivity index (χ0n) is 15.5. The summed E-state index contributed by atoms with van der Waals surface area (Å²) in [6.45, 7) is 4.85. The Morgan fingerprint density at radius 1 is 1.11 bits per heavy atom. The number of hydrogen-bond donors (Lipinski definition) is 2. The third kappa shape index (κ3) is 3.03. The van der Waals surface area contributed by atoms with Gasteiger partial charge in [0.25, 0.3) is 0 Å². The molecule has 27 heavy (non-hydrogen) atoms. The van der Waals surface area contributed by atoms with Crippen LogP contribution in [0.1, 0.15) is 26.3 Å². The number of ketones is 1. The predicted molar refractivity (Wildman–Crippen MR) is 102 cm³/mol. The molecule has 0 aliphatic rings. The van der Waals surface area contributed by atoms with E-state index in [0.717, 1.165) is 0 Å². The van der Waals surface area contributed by atoms with Gasteiger partial charge in [-0.2, -0.15) is 0 Å². The van der Waals surface area contributed by atoms with Crippen molar-refractivity contribution in [2.24, 2.45) is 0 Å². The number of Topliss-reactive ketones (excluding diaryl/α,β-unsaturated/α-hetero) is 1. The first-order valence-corrected chi connectivity index (χ1v) is 8.34. The fraction of sp³-hybridized carbons (Fsp3) is 0.238. The number of carbonyl (C=O) groups excluding carboxylic acids is 1. The van der Waals surface area contributed by atoms with Gasteiger partial charge in [0.2, 0.25) is 5.43 Å². The fourth-order valence-corrected chi connectivity index (χ4v) is 2.92. The van der Waals surface area contributed by atoms with Crippen molar-refractivity contribution < 1.29 is 24.2 Å². The molecule has 2 aromatic carbocycles. The van der Waals surface area contributed by atoms with Gasteiger partial charge in [-0.05, 0) is 38.5 Å². The van der Waals surface area contributed by atoms with Gasteiger partial charge in [0.15, 0.2) is 0 Å². The van der Waals surface area contributed by atoms with Crippen molar-refractivity contribution in [2.75, 3.05) is 7.11 Å². The van der Waals surface area contributed by atoms with Crippen molar-refractivity contribution in [2.45, 2.75) is 26.2 Å². The highest BCUT2D eigenvalue weighted by atomic mass is 16.5. The van der Waals surface area contributed by atoms with Crippen LogP contribution < -0.4 is 10.2 Å². The molecule has 0 aliphatic heterocycles. The molecule has 3 aromatic rings. The van der Waals surface area contributed by atoms with Crippen LogP contribution in [-0.2, 0) is 10.2 Å². The van der Waals surface area contributed by atoms with Crippen molar-refractivity contribution in [3.63, 3.8) is 0 Å². The zero-order valence-corrected chi connectivity index (χ0v) is 15.5. The second kappa shape index (κ2) is 6.46. The summed E-state index contributed by atoms with van der Waals surface area (Å²) in [6, 6.07) is 7.45. The lowest BCUT2D eigenvalue weighted by atomic mass is 9.79. The first-order valence-electron chi connectivity index (χ1n) is 8.34. The van der Waals surface area contributed by atoms with Gasteiger partial charge in [0.1, 0.15) is 40.3 Å². The third-order valence-electron chi connectivity index (χ3n) is 4.93. The molecule has 0 saturated heterocycles. The Morgan fingerprint density at radius 3 is 2.44 bits per heavy atom. The minimum absolute atomic E-state index is 0.0308. The Bertz CT molecular complexity index is 1110. The molecule has 0 aliphatic carbocycles. The van der Waals surface area contributed by atoms with E-state index in [2.05, 4.69) is 0 Å². The number of phenols is 2. The van der Waals surface area contributed by atoms with Gasteiger partial charge in [-0.25, -0.2) is 0 Å². The maximum atomic E-state index is 12.9. The van der Waals surface area contributed by atoms with Crippen molar-refractivity contribution in [1.82, 2.24) is 0 Å². The van der Waals surface area contributed by atoms with Gasteiger partial charge in [-0.15, -0.1) is 0 Å². The van der Waals surface area contributed by atoms with E-state index in [1.807, 2.05) is 0 Å². The summed E-state index contributed by atoms with van der Waals surface area (Å²) >= 11 is 0. The summed E-state index contributed by atoms with van der Waals surface area (Å²) in [5.41, 5.74) is -0.0537. The minimum Gasteiger partial charge on any atom is -0.508 e. The van der Waals surface area contributed by atoms with E-state index in [4.69, 9.17) is 9.15 Å². The molecule has 140 valence electrons. The first kappa shape index (κ1) is 18.5. The number of phenolic OH excluding ortho intramolecular Hbond substituents is 2. The van der Waals surface area contributed by atoms with Crippen LogP contribution in [0.25, 0.3) is 22.1 Å². The van der Waals surface area contributed by atoms with E-state index >= 15 is 0 Å². The maximum Gasteiger partial charge on any atom is 0.204 e. The Hall–Kier alpha value is -3.28. The molecule has 1 aromatic heterocycles. The summed E-state index contributed by atoms with van der Waals surface area (Å²) in [7, 11) is 1.45. The lowest BCUT2D eigenvalue weighted by Gasteiger charge is -2.23. The van der Waals surface area contributed by atoms with E-state index in [1.165, 1.54) is 38.5 Å². The number of benzene rings is 2. The predicted octanol–water partition coefficient (Wildman–Crippen LogP) is 3.75. The quantitative estimate of drug-likeness (QED) is 0.728. The van der Waals surface area contributed by atoms with Crippen LogP contribution in [0, 0.1) is 0 Å². The molecule has 0 radical (unpaired) electrons. The molecule has 6 nitrogen and oxygen atoms in total. The van der Waals surface area contributed by atoms with Crippen LogP contribution in [0.15, 0.2) is 45.8 Å². The van der Waals surface area contributed by atoms with Gasteiger partial charge in [0.05, 0.1) is 18.1 Å². The number of ether oxygens (including phenoxy) is 1. The normalized spacial score (nSPS) is 11.6. The van der Waals surface area contributed by atoms with Crippen molar-refractivity contribution >= 4 is 16.8 Å². The molecule has 2 N–H and O–H groups in total. The molecule has 0 spiro atoms. The van der Waals surface area contributed by atoms with Gasteiger partial charge in [0, 0.05) is 17.7 Å². The molecular formula is C21H20O6.